The fourth-order valence-electron chi connectivity index (χ4n) is 2.47. The number of aliphatic hydroxyl groups excluding tert-OH is 1. The first-order chi connectivity index (χ1) is 7.63. The largest absolute Gasteiger partial charge is 0.395 e. The van der Waals surface area contributed by atoms with Crippen molar-refractivity contribution in [2.24, 2.45) is 4.99 Å². The zero-order valence-electron chi connectivity index (χ0n) is 10.4. The summed E-state index contributed by atoms with van der Waals surface area (Å²) < 4.78 is 0. The lowest BCUT2D eigenvalue weighted by atomic mass is 10.0. The Bertz CT molecular complexity index is 335. The maximum atomic E-state index is 8.99. The van der Waals surface area contributed by atoms with Crippen molar-refractivity contribution in [3.63, 3.8) is 0 Å². The van der Waals surface area contributed by atoms with E-state index in [-0.39, 0.29) is 6.61 Å². The van der Waals surface area contributed by atoms with Gasteiger partial charge in [-0.3, -0.25) is 9.89 Å². The van der Waals surface area contributed by atoms with Crippen LogP contribution in [-0.2, 0) is 0 Å². The van der Waals surface area contributed by atoms with E-state index in [1.165, 1.54) is 11.3 Å². The zero-order chi connectivity index (χ0) is 11.7. The van der Waals surface area contributed by atoms with Crippen molar-refractivity contribution in [2.75, 3.05) is 32.8 Å². The van der Waals surface area contributed by atoms with Crippen LogP contribution >= 0.6 is 0 Å². The maximum absolute atomic E-state index is 8.99. The van der Waals surface area contributed by atoms with Gasteiger partial charge in [0.2, 0.25) is 0 Å². The van der Waals surface area contributed by atoms with E-state index in [0.29, 0.717) is 6.04 Å². The molecule has 1 atom stereocenters. The molecule has 2 heterocycles. The van der Waals surface area contributed by atoms with Crippen LogP contribution < -0.4 is 0 Å². The SMILES string of the molecule is CC1=NC(C)C(C)=C2CN(CCO)CCN12. The Morgan fingerprint density at radius 3 is 2.81 bits per heavy atom. The molecule has 1 fully saturated rings. The highest BCUT2D eigenvalue weighted by Crippen LogP contribution is 2.25. The zero-order valence-corrected chi connectivity index (χ0v) is 10.4. The molecule has 2 rings (SSSR count). The average Bonchev–Trinajstić information content (AvgIpc) is 2.26. The van der Waals surface area contributed by atoms with Crippen molar-refractivity contribution < 1.29 is 5.11 Å². The van der Waals surface area contributed by atoms with E-state index in [4.69, 9.17) is 5.11 Å². The molecule has 0 aliphatic carbocycles. The summed E-state index contributed by atoms with van der Waals surface area (Å²) in [5, 5.41) is 8.99. The fourth-order valence-corrected chi connectivity index (χ4v) is 2.47. The van der Waals surface area contributed by atoms with E-state index in [1.807, 2.05) is 0 Å². The van der Waals surface area contributed by atoms with E-state index < -0.39 is 0 Å². The van der Waals surface area contributed by atoms with E-state index >= 15 is 0 Å². The standard InChI is InChI=1S/C12H21N3O/c1-9-10(2)13-11(3)15-5-4-14(6-7-16)8-12(9)15/h10,16H,4-8H2,1-3H3. The average molecular weight is 223 g/mol. The molecule has 2 aliphatic rings. The van der Waals surface area contributed by atoms with Crippen LogP contribution in [0.4, 0.5) is 0 Å². The Morgan fingerprint density at radius 2 is 2.12 bits per heavy atom. The first-order valence-corrected chi connectivity index (χ1v) is 5.98. The topological polar surface area (TPSA) is 39.1 Å². The van der Waals surface area contributed by atoms with Gasteiger partial charge >= 0.3 is 0 Å². The Morgan fingerprint density at radius 1 is 1.38 bits per heavy atom. The molecule has 0 amide bonds. The molecule has 2 aliphatic heterocycles. The summed E-state index contributed by atoms with van der Waals surface area (Å²) in [5.41, 5.74) is 2.76. The van der Waals surface area contributed by atoms with E-state index in [1.54, 1.807) is 0 Å². The van der Waals surface area contributed by atoms with Crippen LogP contribution in [0, 0.1) is 0 Å². The number of nitrogens with zero attached hydrogens (tertiary/aromatic N) is 3. The number of β-amino-alcohol motifs (C(OH)–C–C–N with tert-alkyl or cyclic N) is 1. The minimum atomic E-state index is 0.245. The summed E-state index contributed by atoms with van der Waals surface area (Å²) in [6.45, 7) is 10.4. The highest BCUT2D eigenvalue weighted by Gasteiger charge is 2.28. The quantitative estimate of drug-likeness (QED) is 0.748. The Balaban J connectivity index is 2.18. The molecule has 0 bridgehead atoms. The third-order valence-electron chi connectivity index (χ3n) is 3.61. The predicted molar refractivity (Wildman–Crippen MR) is 65.5 cm³/mol. The lowest BCUT2D eigenvalue weighted by molar-refractivity contribution is 0.168. The number of aliphatic hydroxyl groups is 1. The van der Waals surface area contributed by atoms with Crippen LogP contribution in [0.25, 0.3) is 0 Å². The van der Waals surface area contributed by atoms with Gasteiger partial charge in [0.25, 0.3) is 0 Å². The normalized spacial score (nSPS) is 26.9. The van der Waals surface area contributed by atoms with E-state index in [9.17, 15) is 0 Å². The summed E-state index contributed by atoms with van der Waals surface area (Å²) in [7, 11) is 0. The van der Waals surface area contributed by atoms with Crippen LogP contribution in [-0.4, -0.2) is 59.6 Å². The summed E-state index contributed by atoms with van der Waals surface area (Å²) in [6, 6.07) is 0.306. The van der Waals surface area contributed by atoms with Crippen LogP contribution in [0.2, 0.25) is 0 Å². The molecule has 0 aromatic heterocycles. The van der Waals surface area contributed by atoms with E-state index in [0.717, 1.165) is 32.0 Å². The number of amidine groups is 1. The van der Waals surface area contributed by atoms with Gasteiger partial charge in [-0.15, -0.1) is 0 Å². The highest BCUT2D eigenvalue weighted by atomic mass is 16.3. The first-order valence-electron chi connectivity index (χ1n) is 5.98. The molecule has 0 aromatic rings. The van der Waals surface area contributed by atoms with Crippen molar-refractivity contribution >= 4 is 5.84 Å². The van der Waals surface area contributed by atoms with Gasteiger partial charge in [-0.2, -0.15) is 0 Å². The summed E-state index contributed by atoms with van der Waals surface area (Å²) in [5.74, 6) is 1.14. The van der Waals surface area contributed by atoms with Gasteiger partial charge in [0, 0.05) is 31.9 Å². The van der Waals surface area contributed by atoms with Crippen LogP contribution in [0.3, 0.4) is 0 Å². The number of hydrogen-bond acceptors (Lipinski definition) is 4. The van der Waals surface area contributed by atoms with Crippen LogP contribution in [0.1, 0.15) is 20.8 Å². The second-order valence-corrected chi connectivity index (χ2v) is 4.63. The van der Waals surface area contributed by atoms with Gasteiger partial charge in [0.1, 0.15) is 5.84 Å². The van der Waals surface area contributed by atoms with Gasteiger partial charge in [0.05, 0.1) is 12.6 Å². The first kappa shape index (κ1) is 11.6. The summed E-state index contributed by atoms with van der Waals surface area (Å²) in [6.07, 6.45) is 0. The number of aliphatic imine (C=N–C) groups is 1. The molecule has 1 saturated heterocycles. The van der Waals surface area contributed by atoms with Crippen molar-refractivity contribution in [1.82, 2.24) is 9.80 Å². The Labute approximate surface area is 97.3 Å². The molecule has 1 N–H and O–H groups in total. The summed E-state index contributed by atoms with van der Waals surface area (Å²) >= 11 is 0. The second kappa shape index (κ2) is 4.55. The number of rotatable bonds is 2. The van der Waals surface area contributed by atoms with Gasteiger partial charge in [-0.1, -0.05) is 0 Å². The maximum Gasteiger partial charge on any atom is 0.101 e. The van der Waals surface area contributed by atoms with Crippen LogP contribution in [0.15, 0.2) is 16.3 Å². The molecule has 4 heteroatoms. The minimum Gasteiger partial charge on any atom is -0.395 e. The predicted octanol–water partition coefficient (Wildman–Crippen LogP) is 0.691. The van der Waals surface area contributed by atoms with Crippen molar-refractivity contribution in [3.05, 3.63) is 11.3 Å². The fraction of sp³-hybridized carbons (Fsp3) is 0.750. The molecular weight excluding hydrogens is 202 g/mol. The molecular formula is C12H21N3O. The van der Waals surface area contributed by atoms with Crippen molar-refractivity contribution in [1.29, 1.82) is 0 Å². The lowest BCUT2D eigenvalue weighted by Crippen LogP contribution is -2.49. The minimum absolute atomic E-state index is 0.245. The molecule has 0 spiro atoms. The molecule has 0 radical (unpaired) electrons. The molecule has 4 nitrogen and oxygen atoms in total. The van der Waals surface area contributed by atoms with Gasteiger partial charge in [-0.25, -0.2) is 0 Å². The number of hydrogen-bond donors (Lipinski definition) is 1. The third kappa shape index (κ3) is 1.99. The summed E-state index contributed by atoms with van der Waals surface area (Å²) in [4.78, 5) is 9.26. The monoisotopic (exact) mass is 223 g/mol. The molecule has 90 valence electrons. The number of fused-ring (bicyclic) bond motifs is 1. The van der Waals surface area contributed by atoms with Crippen molar-refractivity contribution in [3.8, 4) is 0 Å². The third-order valence-corrected chi connectivity index (χ3v) is 3.61. The highest BCUT2D eigenvalue weighted by molar-refractivity contribution is 5.83. The molecule has 16 heavy (non-hydrogen) atoms. The Hall–Kier alpha value is -0.870. The smallest absolute Gasteiger partial charge is 0.101 e. The number of piperazine rings is 1. The molecule has 1 unspecified atom stereocenters. The van der Waals surface area contributed by atoms with E-state index in [2.05, 4.69) is 35.6 Å². The van der Waals surface area contributed by atoms with Crippen LogP contribution in [0.5, 0.6) is 0 Å². The Kier molecular flexibility index (Phi) is 3.30. The van der Waals surface area contributed by atoms with Gasteiger partial charge in [0.15, 0.2) is 0 Å². The van der Waals surface area contributed by atoms with Crippen molar-refractivity contribution in [2.45, 2.75) is 26.8 Å². The molecule has 0 aromatic carbocycles. The lowest BCUT2D eigenvalue weighted by Gasteiger charge is -2.41. The second-order valence-electron chi connectivity index (χ2n) is 4.63. The van der Waals surface area contributed by atoms with Gasteiger partial charge in [-0.05, 0) is 26.3 Å². The molecule has 0 saturated carbocycles. The van der Waals surface area contributed by atoms with Gasteiger partial charge < -0.3 is 10.0 Å².